The second-order valence-electron chi connectivity index (χ2n) is 2.90. The molecular formula is C9H11N2O3. The summed E-state index contributed by atoms with van der Waals surface area (Å²) in [5.41, 5.74) is 6.82. The Morgan fingerprint density at radius 1 is 1.64 bits per heavy atom. The maximum Gasteiger partial charge on any atom is 0.295 e. The molecule has 0 fully saturated rings. The Kier molecular flexibility index (Phi) is 3.28. The molecule has 1 heterocycles. The van der Waals surface area contributed by atoms with Gasteiger partial charge in [0.2, 0.25) is 5.71 Å². The Bertz CT molecular complexity index is 328. The van der Waals surface area contributed by atoms with Gasteiger partial charge < -0.3 is 9.25 Å². The number of amides is 1. The van der Waals surface area contributed by atoms with Gasteiger partial charge in [-0.1, -0.05) is 5.16 Å². The molecule has 0 aliphatic carbocycles. The van der Waals surface area contributed by atoms with Crippen molar-refractivity contribution in [1.29, 1.82) is 0 Å². The van der Waals surface area contributed by atoms with E-state index in [-0.39, 0.29) is 17.6 Å². The minimum atomic E-state index is -0.930. The molecule has 1 aromatic heterocycles. The average molecular weight is 195 g/mol. The number of hydrogen-bond donors (Lipinski definition) is 0. The fourth-order valence-corrected chi connectivity index (χ4v) is 0.770. The predicted octanol–water partition coefficient (Wildman–Crippen LogP) is 1.22. The van der Waals surface area contributed by atoms with Gasteiger partial charge in [0, 0.05) is 0 Å². The van der Waals surface area contributed by atoms with E-state index in [9.17, 15) is 4.79 Å². The predicted molar refractivity (Wildman–Crippen MR) is 49.6 cm³/mol. The van der Waals surface area contributed by atoms with E-state index in [1.165, 1.54) is 6.26 Å². The van der Waals surface area contributed by atoms with Crippen LogP contribution in [-0.4, -0.2) is 17.7 Å². The van der Waals surface area contributed by atoms with Gasteiger partial charge in [-0.25, -0.2) is 0 Å². The van der Waals surface area contributed by atoms with Crippen molar-refractivity contribution in [2.24, 2.45) is 5.16 Å². The Balaban J connectivity index is 2.85. The summed E-state index contributed by atoms with van der Waals surface area (Å²) in [6.45, 7) is 3.55. The molecule has 14 heavy (non-hydrogen) atoms. The minimum Gasteiger partial charge on any atom is -0.462 e. The first-order valence-electron chi connectivity index (χ1n) is 4.15. The lowest BCUT2D eigenvalue weighted by atomic mass is 10.3. The minimum absolute atomic E-state index is 0.122. The molecule has 0 bridgehead atoms. The SMILES string of the molecule is CC(C)ON=C(C([NH])=O)c1ccco1. The Morgan fingerprint density at radius 2 is 2.36 bits per heavy atom. The molecule has 0 unspecified atom stereocenters. The second-order valence-corrected chi connectivity index (χ2v) is 2.90. The highest BCUT2D eigenvalue weighted by atomic mass is 16.6. The van der Waals surface area contributed by atoms with Gasteiger partial charge in [0.05, 0.1) is 6.26 Å². The van der Waals surface area contributed by atoms with E-state index in [1.54, 1.807) is 26.0 Å². The van der Waals surface area contributed by atoms with Gasteiger partial charge in [0.25, 0.3) is 5.91 Å². The van der Waals surface area contributed by atoms with Gasteiger partial charge in [-0.05, 0) is 26.0 Å². The first kappa shape index (κ1) is 10.3. The first-order chi connectivity index (χ1) is 6.61. The number of nitrogens with zero attached hydrogens (tertiary/aromatic N) is 1. The third kappa shape index (κ3) is 2.62. The lowest BCUT2D eigenvalue weighted by molar-refractivity contribution is -0.112. The van der Waals surface area contributed by atoms with Gasteiger partial charge in [-0.2, -0.15) is 0 Å². The van der Waals surface area contributed by atoms with E-state index in [0.29, 0.717) is 0 Å². The molecule has 75 valence electrons. The Labute approximate surface area is 81.5 Å². The second kappa shape index (κ2) is 4.45. The van der Waals surface area contributed by atoms with E-state index in [2.05, 4.69) is 5.16 Å². The van der Waals surface area contributed by atoms with Crippen LogP contribution in [0.1, 0.15) is 19.6 Å². The topological polar surface area (TPSA) is 75.6 Å². The lowest BCUT2D eigenvalue weighted by Gasteiger charge is -2.02. The summed E-state index contributed by atoms with van der Waals surface area (Å²) >= 11 is 0. The van der Waals surface area contributed by atoms with Crippen LogP contribution >= 0.6 is 0 Å². The van der Waals surface area contributed by atoms with Gasteiger partial charge >= 0.3 is 0 Å². The molecule has 1 N–H and O–H groups in total. The number of furan rings is 1. The number of rotatable bonds is 4. The largest absolute Gasteiger partial charge is 0.462 e. The highest BCUT2D eigenvalue weighted by Crippen LogP contribution is 2.04. The van der Waals surface area contributed by atoms with Crippen molar-refractivity contribution in [2.75, 3.05) is 0 Å². The molecule has 0 saturated heterocycles. The van der Waals surface area contributed by atoms with E-state index in [1.807, 2.05) is 0 Å². The highest BCUT2D eigenvalue weighted by molar-refractivity contribution is 6.43. The van der Waals surface area contributed by atoms with Gasteiger partial charge in [-0.3, -0.25) is 10.5 Å². The normalized spacial score (nSPS) is 11.8. The fraction of sp³-hybridized carbons (Fsp3) is 0.333. The van der Waals surface area contributed by atoms with Gasteiger partial charge in [-0.15, -0.1) is 0 Å². The summed E-state index contributed by atoms with van der Waals surface area (Å²) in [5.74, 6) is -0.689. The van der Waals surface area contributed by atoms with Crippen LogP contribution in [0.3, 0.4) is 0 Å². The average Bonchev–Trinajstić information content (AvgIpc) is 2.56. The van der Waals surface area contributed by atoms with Crippen molar-refractivity contribution in [3.05, 3.63) is 24.2 Å². The van der Waals surface area contributed by atoms with Gasteiger partial charge in [0.1, 0.15) is 6.10 Å². The van der Waals surface area contributed by atoms with E-state index < -0.39 is 5.91 Å². The molecule has 0 atom stereocenters. The molecule has 1 aromatic rings. The standard InChI is InChI=1S/C9H11N2O3/c1-6(2)14-11-8(9(10)12)7-4-3-5-13-7/h3-6,10H,1-2H3. The monoisotopic (exact) mass is 195 g/mol. The summed E-state index contributed by atoms with van der Waals surface area (Å²) in [4.78, 5) is 15.7. The molecule has 1 amide bonds. The lowest BCUT2D eigenvalue weighted by Crippen LogP contribution is -2.16. The summed E-state index contributed by atoms with van der Waals surface area (Å²) < 4.78 is 4.94. The van der Waals surface area contributed by atoms with Crippen LogP contribution in [0.5, 0.6) is 0 Å². The van der Waals surface area contributed by atoms with Crippen LogP contribution in [-0.2, 0) is 9.63 Å². The van der Waals surface area contributed by atoms with Crippen molar-refractivity contribution in [3.63, 3.8) is 0 Å². The summed E-state index contributed by atoms with van der Waals surface area (Å²) in [6, 6.07) is 3.16. The van der Waals surface area contributed by atoms with Crippen molar-refractivity contribution in [1.82, 2.24) is 5.73 Å². The zero-order valence-electron chi connectivity index (χ0n) is 7.98. The first-order valence-corrected chi connectivity index (χ1v) is 4.15. The third-order valence-electron chi connectivity index (χ3n) is 1.32. The molecule has 0 aromatic carbocycles. The molecule has 0 spiro atoms. The Hall–Kier alpha value is -1.78. The Morgan fingerprint density at radius 3 is 2.79 bits per heavy atom. The number of carbonyl (C=O) groups excluding carboxylic acids is 1. The number of hydrogen-bond acceptors (Lipinski definition) is 4. The maximum atomic E-state index is 10.9. The van der Waals surface area contributed by atoms with E-state index in [0.717, 1.165) is 0 Å². The third-order valence-corrected chi connectivity index (χ3v) is 1.32. The van der Waals surface area contributed by atoms with E-state index in [4.69, 9.17) is 15.0 Å². The summed E-state index contributed by atoms with van der Waals surface area (Å²) in [6.07, 6.45) is 1.27. The van der Waals surface area contributed by atoms with Crippen LogP contribution in [0.4, 0.5) is 0 Å². The molecule has 0 aliphatic heterocycles. The molecular weight excluding hydrogens is 184 g/mol. The van der Waals surface area contributed by atoms with Crippen LogP contribution in [0, 0.1) is 0 Å². The number of carbonyl (C=O) groups is 1. The van der Waals surface area contributed by atoms with Gasteiger partial charge in [0.15, 0.2) is 5.76 Å². The van der Waals surface area contributed by atoms with Crippen molar-refractivity contribution in [3.8, 4) is 0 Å². The van der Waals surface area contributed by atoms with Crippen molar-refractivity contribution >= 4 is 11.6 Å². The molecule has 0 saturated carbocycles. The summed E-state index contributed by atoms with van der Waals surface area (Å²) in [7, 11) is 0. The van der Waals surface area contributed by atoms with Crippen LogP contribution < -0.4 is 5.73 Å². The van der Waals surface area contributed by atoms with Crippen LogP contribution in [0.25, 0.3) is 0 Å². The smallest absolute Gasteiger partial charge is 0.295 e. The molecule has 1 rings (SSSR count). The van der Waals surface area contributed by atoms with Crippen LogP contribution in [0.15, 0.2) is 28.0 Å². The molecule has 5 nitrogen and oxygen atoms in total. The summed E-state index contributed by atoms with van der Waals surface area (Å²) in [5, 5.41) is 3.55. The molecule has 1 radical (unpaired) electrons. The molecule has 5 heteroatoms. The maximum absolute atomic E-state index is 10.9. The van der Waals surface area contributed by atoms with Crippen molar-refractivity contribution < 1.29 is 14.0 Å². The fourth-order valence-electron chi connectivity index (χ4n) is 0.770. The zero-order chi connectivity index (χ0) is 10.6. The van der Waals surface area contributed by atoms with Crippen molar-refractivity contribution in [2.45, 2.75) is 20.0 Å². The van der Waals surface area contributed by atoms with Crippen LogP contribution in [0.2, 0.25) is 0 Å². The molecule has 0 aliphatic rings. The quantitative estimate of drug-likeness (QED) is 0.535. The number of nitrogens with one attached hydrogen (secondary N) is 1. The number of oxime groups is 1. The van der Waals surface area contributed by atoms with E-state index >= 15 is 0 Å². The zero-order valence-corrected chi connectivity index (χ0v) is 7.98. The highest BCUT2D eigenvalue weighted by Gasteiger charge is 2.15.